The molecule has 0 N–H and O–H groups in total. The summed E-state index contributed by atoms with van der Waals surface area (Å²) in [5.41, 5.74) is 0. The van der Waals surface area contributed by atoms with Crippen molar-refractivity contribution in [3.8, 4) is 12.1 Å². The lowest BCUT2D eigenvalue weighted by atomic mass is 10.0. The summed E-state index contributed by atoms with van der Waals surface area (Å²) in [6.45, 7) is 5.77. The summed E-state index contributed by atoms with van der Waals surface area (Å²) in [7, 11) is 0. The smallest absolute Gasteiger partial charge is 0.0931 e. The Morgan fingerprint density at radius 2 is 1.90 bits per heavy atom. The third-order valence-electron chi connectivity index (χ3n) is 3.74. The standard InChI is InChI=1S/C15H19ClN4S/c16-15-4-3-14(21-15)12-20-8-6-19(7-9-20)11-13(10-18)2-1-5-17/h3-4,13H,1-2,6-9,11-12H2/t13-/m1/s1. The largest absolute Gasteiger partial charge is 0.299 e. The Balaban J connectivity index is 1.73. The fraction of sp³-hybridized carbons (Fsp3) is 0.600. The van der Waals surface area contributed by atoms with Gasteiger partial charge >= 0.3 is 0 Å². The zero-order chi connectivity index (χ0) is 15.1. The van der Waals surface area contributed by atoms with Crippen LogP contribution in [-0.4, -0.2) is 42.5 Å². The highest BCUT2D eigenvalue weighted by atomic mass is 35.5. The minimum atomic E-state index is -0.0210. The van der Waals surface area contributed by atoms with Crippen molar-refractivity contribution in [1.29, 1.82) is 10.5 Å². The molecule has 1 aliphatic rings. The van der Waals surface area contributed by atoms with Crippen LogP contribution in [0.3, 0.4) is 0 Å². The predicted octanol–water partition coefficient (Wildman–Crippen LogP) is 2.96. The van der Waals surface area contributed by atoms with Gasteiger partial charge in [0.25, 0.3) is 0 Å². The molecule has 1 aliphatic heterocycles. The van der Waals surface area contributed by atoms with Gasteiger partial charge in [0.05, 0.1) is 22.4 Å². The van der Waals surface area contributed by atoms with E-state index in [1.807, 2.05) is 6.07 Å². The van der Waals surface area contributed by atoms with E-state index >= 15 is 0 Å². The van der Waals surface area contributed by atoms with Crippen molar-refractivity contribution >= 4 is 22.9 Å². The first-order valence-electron chi connectivity index (χ1n) is 7.16. The molecule has 0 spiro atoms. The molecule has 0 aromatic carbocycles. The molecule has 1 aromatic rings. The molecule has 4 nitrogen and oxygen atoms in total. The van der Waals surface area contributed by atoms with Crippen LogP contribution < -0.4 is 0 Å². The van der Waals surface area contributed by atoms with Gasteiger partial charge < -0.3 is 0 Å². The zero-order valence-corrected chi connectivity index (χ0v) is 13.5. The number of rotatable bonds is 6. The summed E-state index contributed by atoms with van der Waals surface area (Å²) >= 11 is 7.60. The Hall–Kier alpha value is -1.11. The van der Waals surface area contributed by atoms with Gasteiger partial charge in [-0.25, -0.2) is 0 Å². The van der Waals surface area contributed by atoms with Gasteiger partial charge in [0.15, 0.2) is 0 Å². The molecule has 1 atom stereocenters. The van der Waals surface area contributed by atoms with Gasteiger partial charge in [-0.1, -0.05) is 11.6 Å². The monoisotopic (exact) mass is 322 g/mol. The van der Waals surface area contributed by atoms with E-state index in [0.717, 1.165) is 43.6 Å². The van der Waals surface area contributed by atoms with Crippen LogP contribution in [0.15, 0.2) is 12.1 Å². The predicted molar refractivity (Wildman–Crippen MR) is 85.0 cm³/mol. The molecule has 0 saturated carbocycles. The van der Waals surface area contributed by atoms with Crippen LogP contribution in [0.25, 0.3) is 0 Å². The first-order chi connectivity index (χ1) is 10.2. The summed E-state index contributed by atoms with van der Waals surface area (Å²) in [6.07, 6.45) is 1.15. The van der Waals surface area contributed by atoms with Crippen LogP contribution in [0.2, 0.25) is 4.34 Å². The molecule has 112 valence electrons. The fourth-order valence-electron chi connectivity index (χ4n) is 2.53. The topological polar surface area (TPSA) is 54.1 Å². The lowest BCUT2D eigenvalue weighted by Crippen LogP contribution is -2.47. The molecular formula is C15H19ClN4S. The summed E-state index contributed by atoms with van der Waals surface area (Å²) in [5, 5.41) is 17.7. The lowest BCUT2D eigenvalue weighted by Gasteiger charge is -2.35. The Kier molecular flexibility index (Phi) is 6.48. The molecule has 2 rings (SSSR count). The molecule has 1 aromatic heterocycles. The minimum absolute atomic E-state index is 0.0210. The van der Waals surface area contributed by atoms with E-state index in [1.54, 1.807) is 11.3 Å². The third-order valence-corrected chi connectivity index (χ3v) is 4.95. The van der Waals surface area contributed by atoms with Crippen molar-refractivity contribution in [3.05, 3.63) is 21.3 Å². The Bertz CT molecular complexity index is 523. The van der Waals surface area contributed by atoms with Gasteiger partial charge in [-0.15, -0.1) is 11.3 Å². The fourth-order valence-corrected chi connectivity index (χ4v) is 3.66. The number of halogens is 1. The van der Waals surface area contributed by atoms with Gasteiger partial charge in [-0.05, 0) is 18.6 Å². The molecule has 0 unspecified atom stereocenters. The summed E-state index contributed by atoms with van der Waals surface area (Å²) < 4.78 is 0.845. The van der Waals surface area contributed by atoms with E-state index in [1.165, 1.54) is 4.88 Å². The molecular weight excluding hydrogens is 304 g/mol. The normalized spacial score (nSPS) is 18.0. The number of hydrogen-bond acceptors (Lipinski definition) is 5. The highest BCUT2D eigenvalue weighted by Crippen LogP contribution is 2.23. The van der Waals surface area contributed by atoms with Crippen LogP contribution >= 0.6 is 22.9 Å². The van der Waals surface area contributed by atoms with Crippen molar-refractivity contribution in [2.75, 3.05) is 32.7 Å². The van der Waals surface area contributed by atoms with Crippen molar-refractivity contribution in [2.45, 2.75) is 19.4 Å². The third kappa shape index (κ3) is 5.30. The van der Waals surface area contributed by atoms with Gasteiger partial charge in [0.2, 0.25) is 0 Å². The SMILES string of the molecule is N#CCC[C@H](C#N)CN1CCN(Cc2ccc(Cl)s2)CC1. The number of thiophene rings is 1. The maximum absolute atomic E-state index is 9.12. The quantitative estimate of drug-likeness (QED) is 0.808. The average molecular weight is 323 g/mol. The van der Waals surface area contributed by atoms with Crippen LogP contribution in [-0.2, 0) is 6.54 Å². The van der Waals surface area contributed by atoms with Gasteiger partial charge in [-0.3, -0.25) is 9.80 Å². The van der Waals surface area contributed by atoms with Crippen LogP contribution in [0.5, 0.6) is 0 Å². The molecule has 1 fully saturated rings. The minimum Gasteiger partial charge on any atom is -0.299 e. The Labute approximate surface area is 135 Å². The number of hydrogen-bond donors (Lipinski definition) is 0. The highest BCUT2D eigenvalue weighted by Gasteiger charge is 2.20. The van der Waals surface area contributed by atoms with E-state index < -0.39 is 0 Å². The van der Waals surface area contributed by atoms with Crippen molar-refractivity contribution in [1.82, 2.24) is 9.80 Å². The Morgan fingerprint density at radius 3 is 2.48 bits per heavy atom. The lowest BCUT2D eigenvalue weighted by molar-refractivity contribution is 0.119. The average Bonchev–Trinajstić information content (AvgIpc) is 2.90. The molecule has 0 radical (unpaired) electrons. The molecule has 21 heavy (non-hydrogen) atoms. The molecule has 0 bridgehead atoms. The maximum atomic E-state index is 9.12. The first kappa shape index (κ1) is 16.3. The second kappa shape index (κ2) is 8.36. The van der Waals surface area contributed by atoms with E-state index in [9.17, 15) is 0 Å². The highest BCUT2D eigenvalue weighted by molar-refractivity contribution is 7.16. The van der Waals surface area contributed by atoms with Gasteiger partial charge in [-0.2, -0.15) is 10.5 Å². The van der Waals surface area contributed by atoms with E-state index in [-0.39, 0.29) is 5.92 Å². The first-order valence-corrected chi connectivity index (χ1v) is 8.36. The Morgan fingerprint density at radius 1 is 1.19 bits per heavy atom. The molecule has 0 amide bonds. The van der Waals surface area contributed by atoms with Crippen LogP contribution in [0, 0.1) is 28.6 Å². The summed E-state index contributed by atoms with van der Waals surface area (Å²) in [5.74, 6) is -0.0210. The zero-order valence-electron chi connectivity index (χ0n) is 12.0. The van der Waals surface area contributed by atoms with Crippen molar-refractivity contribution in [3.63, 3.8) is 0 Å². The van der Waals surface area contributed by atoms with E-state index in [0.29, 0.717) is 12.8 Å². The van der Waals surface area contributed by atoms with Crippen LogP contribution in [0.1, 0.15) is 17.7 Å². The van der Waals surface area contributed by atoms with Crippen molar-refractivity contribution in [2.24, 2.45) is 5.92 Å². The number of piperazine rings is 1. The molecule has 1 saturated heterocycles. The van der Waals surface area contributed by atoms with Crippen molar-refractivity contribution < 1.29 is 0 Å². The summed E-state index contributed by atoms with van der Waals surface area (Å²) in [6, 6.07) is 8.48. The van der Waals surface area contributed by atoms with Crippen LogP contribution in [0.4, 0.5) is 0 Å². The van der Waals surface area contributed by atoms with E-state index in [2.05, 4.69) is 28.0 Å². The number of nitrogens with zero attached hydrogens (tertiary/aromatic N) is 4. The maximum Gasteiger partial charge on any atom is 0.0931 e. The molecule has 0 aliphatic carbocycles. The molecule has 6 heteroatoms. The molecule has 2 heterocycles. The second-order valence-corrected chi connectivity index (χ2v) is 7.11. The number of nitriles is 2. The summed E-state index contributed by atoms with van der Waals surface area (Å²) in [4.78, 5) is 6.07. The second-order valence-electron chi connectivity index (χ2n) is 5.31. The van der Waals surface area contributed by atoms with Gasteiger partial charge in [0.1, 0.15) is 0 Å². The van der Waals surface area contributed by atoms with E-state index in [4.69, 9.17) is 22.1 Å². The van der Waals surface area contributed by atoms with Gasteiger partial charge in [0, 0.05) is 50.6 Å².